The Morgan fingerprint density at radius 3 is 2.07 bits per heavy atom. The first-order valence-corrected chi connectivity index (χ1v) is 13.8. The fourth-order valence-electron chi connectivity index (χ4n) is 5.16. The highest BCUT2D eigenvalue weighted by atomic mass is 35.5. The Bertz CT molecular complexity index is 1380. The molecule has 0 spiro atoms. The third kappa shape index (κ3) is 7.14. The molecule has 2 aromatic rings. The number of carbonyl (C=O) groups is 1. The quantitative estimate of drug-likeness (QED) is 0.474. The number of alkyl halides is 8. The molecule has 4 rings (SSSR count). The fraction of sp³-hybridized carbons (Fsp3) is 0.609. The lowest BCUT2D eigenvalue weighted by Gasteiger charge is -2.50. The predicted molar refractivity (Wildman–Crippen MR) is 134 cm³/mol. The number of benzene rings is 1. The molecule has 1 aromatic carbocycles. The number of sulfonamides is 1. The van der Waals surface area contributed by atoms with E-state index < -0.39 is 69.3 Å². The van der Waals surface area contributed by atoms with Gasteiger partial charge in [0.15, 0.2) is 0 Å². The monoisotopic (exact) mass is 654 g/mol. The van der Waals surface area contributed by atoms with Crippen LogP contribution in [-0.4, -0.2) is 82.7 Å². The molecule has 1 amide bonds. The molecule has 236 valence electrons. The van der Waals surface area contributed by atoms with Crippen LogP contribution in [0.3, 0.4) is 0 Å². The van der Waals surface area contributed by atoms with Crippen LogP contribution in [0.25, 0.3) is 0 Å². The zero-order chi connectivity index (χ0) is 30.4. The van der Waals surface area contributed by atoms with E-state index in [0.29, 0.717) is 12.1 Å². The smallest absolute Gasteiger partial charge is 0.350 e. The third-order valence-corrected chi connectivity index (χ3v) is 9.24. The number of hydrogen-bond donors (Lipinski definition) is 1. The minimum absolute atomic E-state index is 0. The molecule has 9 nitrogen and oxygen atoms in total. The summed E-state index contributed by atoms with van der Waals surface area (Å²) in [6.45, 7) is -0.356. The Hall–Kier alpha value is -2.57. The number of nitrogens with zero attached hydrogens (tertiary/aromatic N) is 5. The highest BCUT2D eigenvalue weighted by molar-refractivity contribution is 7.89. The largest absolute Gasteiger partial charge is 0.417 e. The van der Waals surface area contributed by atoms with Gasteiger partial charge in [0.25, 0.3) is 15.9 Å². The number of carbonyl (C=O) groups excluding carboxylic acids is 1. The summed E-state index contributed by atoms with van der Waals surface area (Å²) in [7, 11) is -2.50. The van der Waals surface area contributed by atoms with Crippen molar-refractivity contribution in [1.82, 2.24) is 29.5 Å². The second kappa shape index (κ2) is 11.8. The number of amides is 1. The van der Waals surface area contributed by atoms with E-state index in [1.54, 1.807) is 4.90 Å². The summed E-state index contributed by atoms with van der Waals surface area (Å²) in [5.41, 5.74) is -5.55. The summed E-state index contributed by atoms with van der Waals surface area (Å²) in [4.78, 5) is 14.6. The summed E-state index contributed by atoms with van der Waals surface area (Å²) in [5.74, 6) is -4.31. The van der Waals surface area contributed by atoms with E-state index in [9.17, 15) is 48.3 Å². The van der Waals surface area contributed by atoms with Crippen LogP contribution >= 0.6 is 12.4 Å². The van der Waals surface area contributed by atoms with Crippen molar-refractivity contribution in [3.05, 3.63) is 41.1 Å². The van der Waals surface area contributed by atoms with Crippen molar-refractivity contribution in [3.63, 3.8) is 0 Å². The first kappa shape index (κ1) is 33.9. The Balaban J connectivity index is 0.00000484. The molecule has 0 radical (unpaired) electrons. The molecule has 2 aliphatic rings. The van der Waals surface area contributed by atoms with E-state index in [1.807, 2.05) is 0 Å². The zero-order valence-corrected chi connectivity index (χ0v) is 23.6. The molecule has 0 atom stereocenters. The third-order valence-electron chi connectivity index (χ3n) is 7.48. The molecule has 1 N–H and O–H groups in total. The van der Waals surface area contributed by atoms with Gasteiger partial charge < -0.3 is 5.32 Å². The molecule has 2 fully saturated rings. The molecule has 1 aliphatic heterocycles. The summed E-state index contributed by atoms with van der Waals surface area (Å²) < 4.78 is 136. The normalized spacial score (nSPS) is 20.1. The number of piperazine rings is 1. The highest BCUT2D eigenvalue weighted by Gasteiger charge is 2.48. The lowest BCUT2D eigenvalue weighted by atomic mass is 9.78. The molecule has 1 aromatic heterocycles. The molecule has 1 saturated carbocycles. The van der Waals surface area contributed by atoms with Gasteiger partial charge in [-0.1, -0.05) is 5.21 Å². The SMILES string of the molecule is Cl.Cn1cc(S(=O)(=O)N2CCN(C3(CNC(=O)c4ccc(C(F)(F)F)cc4C(F)(F)F)CCC(F)(F)CC3)CC2)nn1. The number of nitrogens with one attached hydrogen (secondary N) is 1. The predicted octanol–water partition coefficient (Wildman–Crippen LogP) is 3.96. The van der Waals surface area contributed by atoms with Crippen LogP contribution in [-0.2, 0) is 29.4 Å². The molecule has 42 heavy (non-hydrogen) atoms. The second-order valence-corrected chi connectivity index (χ2v) is 12.0. The van der Waals surface area contributed by atoms with Gasteiger partial charge in [-0.25, -0.2) is 17.2 Å². The van der Waals surface area contributed by atoms with Gasteiger partial charge in [-0.3, -0.25) is 14.4 Å². The van der Waals surface area contributed by atoms with E-state index in [0.717, 1.165) is 4.31 Å². The molecule has 1 saturated heterocycles. The number of rotatable bonds is 6. The minimum atomic E-state index is -5.27. The van der Waals surface area contributed by atoms with E-state index in [4.69, 9.17) is 0 Å². The van der Waals surface area contributed by atoms with Crippen molar-refractivity contribution in [2.24, 2.45) is 7.05 Å². The summed E-state index contributed by atoms with van der Waals surface area (Å²) in [6, 6.07) is 0.638. The van der Waals surface area contributed by atoms with Crippen molar-refractivity contribution in [1.29, 1.82) is 0 Å². The van der Waals surface area contributed by atoms with Gasteiger partial charge in [-0.05, 0) is 31.0 Å². The van der Waals surface area contributed by atoms with Gasteiger partial charge in [0, 0.05) is 58.2 Å². The van der Waals surface area contributed by atoms with Crippen molar-refractivity contribution in [2.45, 2.75) is 54.5 Å². The van der Waals surface area contributed by atoms with Gasteiger partial charge in [0.1, 0.15) is 0 Å². The number of halogens is 9. The maximum Gasteiger partial charge on any atom is 0.417 e. The first-order valence-electron chi connectivity index (χ1n) is 12.4. The highest BCUT2D eigenvalue weighted by Crippen LogP contribution is 2.42. The van der Waals surface area contributed by atoms with Crippen LogP contribution in [0.1, 0.15) is 47.2 Å². The van der Waals surface area contributed by atoms with Gasteiger partial charge in [-0.2, -0.15) is 30.6 Å². The van der Waals surface area contributed by atoms with E-state index in [1.165, 1.54) is 17.9 Å². The zero-order valence-electron chi connectivity index (χ0n) is 22.0. The maximum absolute atomic E-state index is 14.1. The Kier molecular flexibility index (Phi) is 9.57. The topological polar surface area (TPSA) is 100 Å². The van der Waals surface area contributed by atoms with Crippen molar-refractivity contribution < 1.29 is 48.3 Å². The Morgan fingerprint density at radius 1 is 0.976 bits per heavy atom. The average molecular weight is 655 g/mol. The first-order chi connectivity index (χ1) is 18.8. The van der Waals surface area contributed by atoms with Gasteiger partial charge in [0.05, 0.1) is 22.9 Å². The summed E-state index contributed by atoms with van der Waals surface area (Å²) >= 11 is 0. The maximum atomic E-state index is 14.1. The molecular formula is C23H27ClF8N6O3S. The molecular weight excluding hydrogens is 628 g/mol. The molecule has 0 unspecified atom stereocenters. The average Bonchev–Trinajstić information content (AvgIpc) is 3.34. The summed E-state index contributed by atoms with van der Waals surface area (Å²) in [6.07, 6.45) is -10.6. The van der Waals surface area contributed by atoms with Crippen LogP contribution in [0, 0.1) is 0 Å². The Labute approximate surface area is 241 Å². The van der Waals surface area contributed by atoms with E-state index >= 15 is 0 Å². The van der Waals surface area contributed by atoms with E-state index in [-0.39, 0.29) is 69.1 Å². The standard InChI is InChI=1S/C23H26F8N6O3S.ClH/c1-35-13-18(33-34-35)41(39,40)37-10-8-36(9-11-37)20(4-6-21(24,25)7-5-20)14-32-19(38)16-3-2-15(22(26,27)28)12-17(16)23(29,30)31;/h2-3,12-13H,4-11,14H2,1H3,(H,32,38);1H. The number of aryl methyl sites for hydroxylation is 1. The van der Waals surface area contributed by atoms with Crippen LogP contribution in [0.2, 0.25) is 0 Å². The number of hydrogen-bond acceptors (Lipinski definition) is 6. The van der Waals surface area contributed by atoms with Crippen molar-refractivity contribution in [3.8, 4) is 0 Å². The lowest BCUT2D eigenvalue weighted by Crippen LogP contribution is -2.63. The van der Waals surface area contributed by atoms with Crippen molar-refractivity contribution >= 4 is 28.3 Å². The van der Waals surface area contributed by atoms with Crippen molar-refractivity contribution in [2.75, 3.05) is 32.7 Å². The minimum Gasteiger partial charge on any atom is -0.350 e. The molecule has 2 heterocycles. The van der Waals surface area contributed by atoms with Gasteiger partial charge in [-0.15, -0.1) is 17.5 Å². The molecule has 1 aliphatic carbocycles. The van der Waals surface area contributed by atoms with Crippen LogP contribution in [0.15, 0.2) is 29.4 Å². The molecule has 19 heteroatoms. The van der Waals surface area contributed by atoms with E-state index in [2.05, 4.69) is 15.6 Å². The Morgan fingerprint density at radius 2 is 1.57 bits per heavy atom. The van der Waals surface area contributed by atoms with Crippen LogP contribution in [0.5, 0.6) is 0 Å². The molecule has 0 bridgehead atoms. The van der Waals surface area contributed by atoms with Gasteiger partial charge >= 0.3 is 12.4 Å². The number of aromatic nitrogens is 3. The van der Waals surface area contributed by atoms with Gasteiger partial charge in [0.2, 0.25) is 10.9 Å². The lowest BCUT2D eigenvalue weighted by molar-refractivity contribution is -0.143. The van der Waals surface area contributed by atoms with Crippen LogP contribution in [0.4, 0.5) is 35.1 Å². The fourth-order valence-corrected chi connectivity index (χ4v) is 6.49. The van der Waals surface area contributed by atoms with Crippen LogP contribution < -0.4 is 5.32 Å². The summed E-state index contributed by atoms with van der Waals surface area (Å²) in [5, 5.41) is 9.27. The second-order valence-electron chi connectivity index (χ2n) is 10.1.